The van der Waals surface area contributed by atoms with Crippen LogP contribution in [0, 0.1) is 5.92 Å². The number of carbonyl (C=O) groups is 1. The number of amides is 1. The molecule has 0 atom stereocenters. The maximum atomic E-state index is 13.0. The quantitative estimate of drug-likeness (QED) is 0.825. The predicted octanol–water partition coefficient (Wildman–Crippen LogP) is 2.59. The summed E-state index contributed by atoms with van der Waals surface area (Å²) in [5.74, 6) is 1.29. The first-order chi connectivity index (χ1) is 12.6. The molecule has 7 heteroatoms. The van der Waals surface area contributed by atoms with Crippen molar-refractivity contribution in [1.29, 1.82) is 0 Å². The molecule has 7 nitrogen and oxygen atoms in total. The smallest absolute Gasteiger partial charge is 0.294 e. The van der Waals surface area contributed by atoms with Crippen LogP contribution in [0.4, 0.5) is 5.95 Å². The summed E-state index contributed by atoms with van der Waals surface area (Å²) < 4.78 is 2.08. The molecule has 2 fully saturated rings. The molecule has 0 radical (unpaired) electrons. The second-order valence-corrected chi connectivity index (χ2v) is 7.32. The van der Waals surface area contributed by atoms with Crippen molar-refractivity contribution in [3.63, 3.8) is 0 Å². The highest BCUT2D eigenvalue weighted by Crippen LogP contribution is 2.33. The van der Waals surface area contributed by atoms with Crippen molar-refractivity contribution in [3.05, 3.63) is 30.4 Å². The summed E-state index contributed by atoms with van der Waals surface area (Å²) in [6, 6.07) is 1.94. The van der Waals surface area contributed by atoms with Gasteiger partial charge in [0.15, 0.2) is 0 Å². The Bertz CT molecular complexity index is 774. The van der Waals surface area contributed by atoms with Crippen molar-refractivity contribution in [1.82, 2.24) is 19.6 Å². The van der Waals surface area contributed by atoms with E-state index in [1.54, 1.807) is 0 Å². The van der Waals surface area contributed by atoms with Gasteiger partial charge in [-0.05, 0) is 37.7 Å². The Balaban J connectivity index is 1.63. The lowest BCUT2D eigenvalue weighted by Gasteiger charge is -2.26. The molecule has 1 saturated heterocycles. The molecule has 1 aliphatic carbocycles. The third-order valence-corrected chi connectivity index (χ3v) is 4.87. The highest BCUT2D eigenvalue weighted by Gasteiger charge is 2.27. The lowest BCUT2D eigenvalue weighted by Crippen LogP contribution is -2.36. The molecular formula is C19H25N5O2. The molecule has 3 heterocycles. The van der Waals surface area contributed by atoms with Crippen LogP contribution in [0.3, 0.4) is 0 Å². The average Bonchev–Trinajstić information content (AvgIpc) is 3.39. The van der Waals surface area contributed by atoms with Crippen molar-refractivity contribution in [2.75, 3.05) is 32.1 Å². The van der Waals surface area contributed by atoms with Crippen LogP contribution in [0.1, 0.15) is 36.2 Å². The summed E-state index contributed by atoms with van der Waals surface area (Å²) in [5, 5.41) is 1.51. The largest absolute Gasteiger partial charge is 0.347 e. The Hall–Kier alpha value is -2.41. The van der Waals surface area contributed by atoms with Gasteiger partial charge < -0.3 is 9.47 Å². The van der Waals surface area contributed by atoms with E-state index >= 15 is 0 Å². The summed E-state index contributed by atoms with van der Waals surface area (Å²) in [4.78, 5) is 29.2. The topological polar surface area (TPSA) is 63.5 Å². The van der Waals surface area contributed by atoms with Crippen LogP contribution in [0.25, 0.3) is 11.1 Å². The van der Waals surface area contributed by atoms with E-state index in [9.17, 15) is 4.79 Å². The van der Waals surface area contributed by atoms with Gasteiger partial charge in [-0.2, -0.15) is 0 Å². The summed E-state index contributed by atoms with van der Waals surface area (Å²) >= 11 is 0. The Morgan fingerprint density at radius 1 is 1.23 bits per heavy atom. The number of aromatic nitrogens is 3. The highest BCUT2D eigenvalue weighted by molar-refractivity contribution is 5.93. The molecule has 0 bridgehead atoms. The lowest BCUT2D eigenvalue weighted by atomic mass is 10.2. The second-order valence-electron chi connectivity index (χ2n) is 7.32. The van der Waals surface area contributed by atoms with Crippen molar-refractivity contribution in [2.45, 2.75) is 32.2 Å². The lowest BCUT2D eigenvalue weighted by molar-refractivity contribution is -0.144. The molecule has 0 spiro atoms. The summed E-state index contributed by atoms with van der Waals surface area (Å²) in [6.07, 6.45) is 10.1. The molecule has 0 aromatic carbocycles. The SMILES string of the molecule is CN(C)c1ncc(-c2cc(C(=O)N3CCCCO3)n(CC3CC3)c2)cn1. The van der Waals surface area contributed by atoms with Crippen LogP contribution in [0.2, 0.25) is 0 Å². The van der Waals surface area contributed by atoms with Crippen LogP contribution in [0.5, 0.6) is 0 Å². The Labute approximate surface area is 153 Å². The maximum absolute atomic E-state index is 13.0. The van der Waals surface area contributed by atoms with Gasteiger partial charge in [0.1, 0.15) is 5.69 Å². The highest BCUT2D eigenvalue weighted by atomic mass is 16.7. The molecule has 26 heavy (non-hydrogen) atoms. The van der Waals surface area contributed by atoms with Crippen LogP contribution < -0.4 is 4.90 Å². The predicted molar refractivity (Wildman–Crippen MR) is 98.7 cm³/mol. The molecule has 1 saturated carbocycles. The van der Waals surface area contributed by atoms with Gasteiger partial charge >= 0.3 is 0 Å². The summed E-state index contributed by atoms with van der Waals surface area (Å²) in [5.41, 5.74) is 2.57. The van der Waals surface area contributed by atoms with Gasteiger partial charge in [-0.3, -0.25) is 9.63 Å². The second kappa shape index (κ2) is 7.07. The van der Waals surface area contributed by atoms with E-state index in [-0.39, 0.29) is 5.91 Å². The number of nitrogens with zero attached hydrogens (tertiary/aromatic N) is 5. The number of hydrogen-bond donors (Lipinski definition) is 0. The Morgan fingerprint density at radius 2 is 2.00 bits per heavy atom. The first-order valence-electron chi connectivity index (χ1n) is 9.26. The molecular weight excluding hydrogens is 330 g/mol. The third-order valence-electron chi connectivity index (χ3n) is 4.87. The van der Waals surface area contributed by atoms with E-state index in [0.717, 1.165) is 30.5 Å². The minimum Gasteiger partial charge on any atom is -0.347 e. The monoisotopic (exact) mass is 355 g/mol. The molecule has 0 N–H and O–H groups in total. The summed E-state index contributed by atoms with van der Waals surface area (Å²) in [6.45, 7) is 2.15. The zero-order chi connectivity index (χ0) is 18.1. The van der Waals surface area contributed by atoms with Crippen molar-refractivity contribution >= 4 is 11.9 Å². The minimum absolute atomic E-state index is 0.0533. The van der Waals surface area contributed by atoms with E-state index < -0.39 is 0 Å². The third kappa shape index (κ3) is 3.58. The Morgan fingerprint density at radius 3 is 2.62 bits per heavy atom. The number of carbonyl (C=O) groups excluding carboxylic acids is 1. The van der Waals surface area contributed by atoms with Crippen molar-refractivity contribution in [2.24, 2.45) is 5.92 Å². The van der Waals surface area contributed by atoms with E-state index in [1.807, 2.05) is 43.7 Å². The molecule has 2 aromatic heterocycles. The van der Waals surface area contributed by atoms with Gasteiger partial charge in [-0.1, -0.05) is 0 Å². The fourth-order valence-corrected chi connectivity index (χ4v) is 3.16. The minimum atomic E-state index is -0.0533. The fraction of sp³-hybridized carbons (Fsp3) is 0.526. The van der Waals surface area contributed by atoms with Crippen LogP contribution >= 0.6 is 0 Å². The van der Waals surface area contributed by atoms with E-state index in [1.165, 1.54) is 17.9 Å². The van der Waals surface area contributed by atoms with E-state index in [4.69, 9.17) is 4.84 Å². The zero-order valence-corrected chi connectivity index (χ0v) is 15.4. The van der Waals surface area contributed by atoms with Gasteiger partial charge in [0.05, 0.1) is 6.61 Å². The van der Waals surface area contributed by atoms with Crippen LogP contribution in [-0.2, 0) is 11.4 Å². The number of hydroxylamine groups is 2. The zero-order valence-electron chi connectivity index (χ0n) is 15.4. The maximum Gasteiger partial charge on any atom is 0.294 e. The molecule has 2 aromatic rings. The summed E-state index contributed by atoms with van der Waals surface area (Å²) in [7, 11) is 3.83. The molecule has 138 valence electrons. The van der Waals surface area contributed by atoms with E-state index in [0.29, 0.717) is 30.7 Å². The molecule has 1 amide bonds. The van der Waals surface area contributed by atoms with E-state index in [2.05, 4.69) is 14.5 Å². The first-order valence-corrected chi connectivity index (χ1v) is 9.26. The molecule has 4 rings (SSSR count). The molecule has 2 aliphatic rings. The van der Waals surface area contributed by atoms with Gasteiger partial charge in [0.2, 0.25) is 5.95 Å². The van der Waals surface area contributed by atoms with Gasteiger partial charge in [0.25, 0.3) is 5.91 Å². The number of rotatable bonds is 5. The molecule has 0 unspecified atom stereocenters. The normalized spacial score (nSPS) is 17.4. The van der Waals surface area contributed by atoms with Gasteiger partial charge in [0, 0.05) is 56.9 Å². The number of hydrogen-bond acceptors (Lipinski definition) is 5. The number of anilines is 1. The average molecular weight is 355 g/mol. The van der Waals surface area contributed by atoms with Crippen LogP contribution in [-0.4, -0.2) is 52.8 Å². The van der Waals surface area contributed by atoms with Crippen molar-refractivity contribution in [3.8, 4) is 11.1 Å². The van der Waals surface area contributed by atoms with Gasteiger partial charge in [-0.25, -0.2) is 15.0 Å². The fourth-order valence-electron chi connectivity index (χ4n) is 3.16. The first kappa shape index (κ1) is 17.0. The van der Waals surface area contributed by atoms with Crippen molar-refractivity contribution < 1.29 is 9.63 Å². The van der Waals surface area contributed by atoms with Crippen LogP contribution in [0.15, 0.2) is 24.7 Å². The Kier molecular flexibility index (Phi) is 4.63. The standard InChI is InChI=1S/C19H25N5O2/c1-22(2)19-20-10-16(11-21-19)15-9-17(23(13-15)12-14-5-6-14)18(25)24-7-3-4-8-26-24/h9-11,13-14H,3-8,12H2,1-2H3. The van der Waals surface area contributed by atoms with Gasteiger partial charge in [-0.15, -0.1) is 0 Å². The molecule has 1 aliphatic heterocycles.